The molecular formula is C30H28N2O2S. The Kier molecular flexibility index (Phi) is 6.68. The first-order valence-electron chi connectivity index (χ1n) is 11.6. The molecule has 0 aliphatic heterocycles. The molecule has 0 spiro atoms. The van der Waals surface area contributed by atoms with Crippen LogP contribution in [0, 0.1) is 13.8 Å². The Labute approximate surface area is 210 Å². The van der Waals surface area contributed by atoms with Crippen LogP contribution in [0.4, 0.5) is 5.69 Å². The van der Waals surface area contributed by atoms with E-state index in [0.717, 1.165) is 44.4 Å². The first kappa shape index (κ1) is 22.9. The number of hydrogen-bond donors (Lipinski definition) is 1. The van der Waals surface area contributed by atoms with Gasteiger partial charge in [-0.25, -0.2) is 4.98 Å². The van der Waals surface area contributed by atoms with Crippen molar-refractivity contribution in [2.45, 2.75) is 27.0 Å². The fraction of sp³-hybridized carbons (Fsp3) is 0.167. The van der Waals surface area contributed by atoms with E-state index in [9.17, 15) is 0 Å². The summed E-state index contributed by atoms with van der Waals surface area (Å²) in [6.07, 6.45) is 0. The number of aromatic nitrogens is 1. The maximum absolute atomic E-state index is 6.22. The molecule has 0 amide bonds. The van der Waals surface area contributed by atoms with Crippen LogP contribution in [0.25, 0.3) is 20.8 Å². The predicted molar refractivity (Wildman–Crippen MR) is 146 cm³/mol. The Hall–Kier alpha value is -3.83. The van der Waals surface area contributed by atoms with Gasteiger partial charge < -0.3 is 14.8 Å². The number of nitrogens with zero attached hydrogens (tertiary/aromatic N) is 1. The quantitative estimate of drug-likeness (QED) is 0.246. The lowest BCUT2D eigenvalue weighted by Crippen LogP contribution is -2.05. The third kappa shape index (κ3) is 5.31. The summed E-state index contributed by atoms with van der Waals surface area (Å²) in [5.41, 5.74) is 7.88. The van der Waals surface area contributed by atoms with Gasteiger partial charge in [0.25, 0.3) is 0 Å². The third-order valence-electron chi connectivity index (χ3n) is 5.94. The molecule has 0 saturated heterocycles. The summed E-state index contributed by atoms with van der Waals surface area (Å²) >= 11 is 1.73. The van der Waals surface area contributed by atoms with Crippen molar-refractivity contribution in [2.75, 3.05) is 12.4 Å². The molecule has 1 N–H and O–H groups in total. The molecule has 0 atom stereocenters. The summed E-state index contributed by atoms with van der Waals surface area (Å²) in [6, 6.07) is 29.2. The molecule has 5 heteroatoms. The Morgan fingerprint density at radius 2 is 1.63 bits per heavy atom. The zero-order valence-electron chi connectivity index (χ0n) is 20.2. The van der Waals surface area contributed by atoms with Crippen molar-refractivity contribution in [2.24, 2.45) is 0 Å². The van der Waals surface area contributed by atoms with Crippen LogP contribution in [-0.2, 0) is 13.2 Å². The average molecular weight is 481 g/mol. The van der Waals surface area contributed by atoms with Crippen molar-refractivity contribution in [3.8, 4) is 22.1 Å². The van der Waals surface area contributed by atoms with Crippen LogP contribution in [0.3, 0.4) is 0 Å². The van der Waals surface area contributed by atoms with E-state index in [1.165, 1.54) is 15.8 Å². The standard InChI is InChI=1S/C30H28N2O2S/c1-20-7-10-22(11-8-20)19-34-29-24(5-4-6-27(29)33-3)18-31-25-14-12-23(13-15-25)30-32-26-16-9-21(2)17-28(26)35-30/h4-17,31H,18-19H2,1-3H3. The molecule has 0 aliphatic carbocycles. The lowest BCUT2D eigenvalue weighted by atomic mass is 10.1. The van der Waals surface area contributed by atoms with E-state index >= 15 is 0 Å². The highest BCUT2D eigenvalue weighted by Gasteiger charge is 2.12. The van der Waals surface area contributed by atoms with E-state index in [0.29, 0.717) is 13.2 Å². The molecule has 4 aromatic carbocycles. The van der Waals surface area contributed by atoms with Crippen LogP contribution in [0.1, 0.15) is 22.3 Å². The minimum atomic E-state index is 0.490. The molecule has 35 heavy (non-hydrogen) atoms. The molecule has 5 aromatic rings. The Morgan fingerprint density at radius 1 is 0.857 bits per heavy atom. The van der Waals surface area contributed by atoms with Gasteiger partial charge in [0.05, 0.1) is 17.3 Å². The Bertz CT molecular complexity index is 1440. The molecule has 176 valence electrons. The molecule has 4 nitrogen and oxygen atoms in total. The molecule has 0 unspecified atom stereocenters. The van der Waals surface area contributed by atoms with Crippen LogP contribution in [0.15, 0.2) is 84.9 Å². The number of fused-ring (bicyclic) bond motifs is 1. The maximum Gasteiger partial charge on any atom is 0.166 e. The summed E-state index contributed by atoms with van der Waals surface area (Å²) in [5.74, 6) is 1.50. The number of para-hydroxylation sites is 1. The molecule has 0 radical (unpaired) electrons. The third-order valence-corrected chi connectivity index (χ3v) is 7.01. The number of rotatable bonds is 8. The second-order valence-electron chi connectivity index (χ2n) is 8.64. The molecule has 1 heterocycles. The monoisotopic (exact) mass is 480 g/mol. The second-order valence-corrected chi connectivity index (χ2v) is 9.67. The molecule has 1 aromatic heterocycles. The number of hydrogen-bond acceptors (Lipinski definition) is 5. The first-order chi connectivity index (χ1) is 17.1. The van der Waals surface area contributed by atoms with Crippen molar-refractivity contribution in [3.63, 3.8) is 0 Å². The Morgan fingerprint density at radius 3 is 2.40 bits per heavy atom. The molecule has 0 saturated carbocycles. The van der Waals surface area contributed by atoms with Crippen molar-refractivity contribution in [1.82, 2.24) is 4.98 Å². The smallest absolute Gasteiger partial charge is 0.166 e. The second kappa shape index (κ2) is 10.2. The van der Waals surface area contributed by atoms with Gasteiger partial charge in [-0.1, -0.05) is 48.0 Å². The van der Waals surface area contributed by atoms with E-state index in [2.05, 4.69) is 92.0 Å². The Balaban J connectivity index is 1.29. The number of thiazole rings is 1. The summed E-state index contributed by atoms with van der Waals surface area (Å²) in [5, 5.41) is 4.56. The topological polar surface area (TPSA) is 43.4 Å². The lowest BCUT2D eigenvalue weighted by molar-refractivity contribution is 0.281. The average Bonchev–Trinajstić information content (AvgIpc) is 3.31. The minimum Gasteiger partial charge on any atom is -0.493 e. The predicted octanol–water partition coefficient (Wildman–Crippen LogP) is 7.78. The number of ether oxygens (including phenoxy) is 2. The van der Waals surface area contributed by atoms with Crippen molar-refractivity contribution in [1.29, 1.82) is 0 Å². The maximum atomic E-state index is 6.22. The summed E-state index contributed by atoms with van der Waals surface area (Å²) in [7, 11) is 1.67. The fourth-order valence-corrected chi connectivity index (χ4v) is 5.02. The lowest BCUT2D eigenvalue weighted by Gasteiger charge is -2.16. The minimum absolute atomic E-state index is 0.490. The van der Waals surface area contributed by atoms with Gasteiger partial charge in [0.1, 0.15) is 11.6 Å². The zero-order chi connectivity index (χ0) is 24.2. The van der Waals surface area contributed by atoms with Gasteiger partial charge in [0.15, 0.2) is 11.5 Å². The van der Waals surface area contributed by atoms with Crippen LogP contribution >= 0.6 is 11.3 Å². The van der Waals surface area contributed by atoms with E-state index < -0.39 is 0 Å². The van der Waals surface area contributed by atoms with Gasteiger partial charge >= 0.3 is 0 Å². The zero-order valence-corrected chi connectivity index (χ0v) is 21.0. The van der Waals surface area contributed by atoms with Crippen molar-refractivity contribution >= 4 is 27.2 Å². The van der Waals surface area contributed by atoms with Crippen molar-refractivity contribution in [3.05, 3.63) is 107 Å². The van der Waals surface area contributed by atoms with Gasteiger partial charge in [0.2, 0.25) is 0 Å². The van der Waals surface area contributed by atoms with Crippen molar-refractivity contribution < 1.29 is 9.47 Å². The van der Waals surface area contributed by atoms with Gasteiger partial charge in [0, 0.05) is 23.4 Å². The van der Waals surface area contributed by atoms with Crippen LogP contribution in [-0.4, -0.2) is 12.1 Å². The highest BCUT2D eigenvalue weighted by atomic mass is 32.1. The van der Waals surface area contributed by atoms with E-state index in [-0.39, 0.29) is 0 Å². The summed E-state index contributed by atoms with van der Waals surface area (Å²) in [4.78, 5) is 4.80. The number of methoxy groups -OCH3 is 1. The van der Waals surface area contributed by atoms with Crippen LogP contribution < -0.4 is 14.8 Å². The number of anilines is 1. The van der Waals surface area contributed by atoms with Crippen LogP contribution in [0.2, 0.25) is 0 Å². The summed E-state index contributed by atoms with van der Waals surface area (Å²) < 4.78 is 13.0. The van der Waals surface area contributed by atoms with Gasteiger partial charge in [-0.2, -0.15) is 0 Å². The van der Waals surface area contributed by atoms with Gasteiger partial charge in [-0.3, -0.25) is 0 Å². The van der Waals surface area contributed by atoms with Crippen LogP contribution in [0.5, 0.6) is 11.5 Å². The highest BCUT2D eigenvalue weighted by molar-refractivity contribution is 7.21. The normalized spacial score (nSPS) is 10.9. The molecule has 5 rings (SSSR count). The summed E-state index contributed by atoms with van der Waals surface area (Å²) in [6.45, 7) is 5.31. The van der Waals surface area contributed by atoms with E-state index in [4.69, 9.17) is 14.5 Å². The number of benzene rings is 4. The van der Waals surface area contributed by atoms with Gasteiger partial charge in [-0.05, 0) is 67.4 Å². The first-order valence-corrected chi connectivity index (χ1v) is 12.5. The molecule has 0 aliphatic rings. The number of nitrogens with one attached hydrogen (secondary N) is 1. The fourth-order valence-electron chi connectivity index (χ4n) is 3.95. The number of aryl methyl sites for hydroxylation is 2. The van der Waals surface area contributed by atoms with E-state index in [1.807, 2.05) is 12.1 Å². The van der Waals surface area contributed by atoms with E-state index in [1.54, 1.807) is 18.4 Å². The SMILES string of the molecule is COc1cccc(CNc2ccc(-c3nc4ccc(C)cc4s3)cc2)c1OCc1ccc(C)cc1. The largest absolute Gasteiger partial charge is 0.493 e. The van der Waals surface area contributed by atoms with Gasteiger partial charge in [-0.15, -0.1) is 11.3 Å². The molecule has 0 fully saturated rings. The highest BCUT2D eigenvalue weighted by Crippen LogP contribution is 2.34. The molecular weight excluding hydrogens is 452 g/mol. The molecule has 0 bridgehead atoms.